The maximum atomic E-state index is 6.37. The average Bonchev–Trinajstić information content (AvgIpc) is 3.46. The van der Waals surface area contributed by atoms with E-state index in [1.165, 1.54) is 0 Å². The van der Waals surface area contributed by atoms with E-state index >= 15 is 0 Å². The Labute approximate surface area is 217 Å². The van der Waals surface area contributed by atoms with Crippen molar-refractivity contribution in [2.24, 2.45) is 7.05 Å². The van der Waals surface area contributed by atoms with Gasteiger partial charge in [-0.3, -0.25) is 4.40 Å². The van der Waals surface area contributed by atoms with Crippen LogP contribution in [0.25, 0.3) is 23.0 Å². The van der Waals surface area contributed by atoms with E-state index in [1.807, 2.05) is 48.8 Å². The zero-order valence-electron chi connectivity index (χ0n) is 22.1. The molecule has 0 amide bonds. The van der Waals surface area contributed by atoms with E-state index in [0.29, 0.717) is 42.7 Å². The summed E-state index contributed by atoms with van der Waals surface area (Å²) in [5.41, 5.74) is 4.86. The van der Waals surface area contributed by atoms with Gasteiger partial charge in [-0.25, -0.2) is 14.6 Å². The van der Waals surface area contributed by atoms with E-state index in [2.05, 4.69) is 34.2 Å². The molecule has 4 aromatic rings. The number of methoxy groups -OCH3 is 2. The molecule has 0 aliphatic carbocycles. The summed E-state index contributed by atoms with van der Waals surface area (Å²) in [4.78, 5) is 9.59. The highest BCUT2D eigenvalue weighted by atomic mass is 16.5. The van der Waals surface area contributed by atoms with Crippen molar-refractivity contribution in [3.05, 3.63) is 60.2 Å². The van der Waals surface area contributed by atoms with E-state index in [9.17, 15) is 0 Å². The van der Waals surface area contributed by atoms with Crippen LogP contribution in [-0.2, 0) is 24.9 Å². The summed E-state index contributed by atoms with van der Waals surface area (Å²) < 4.78 is 20.8. The second-order valence-corrected chi connectivity index (χ2v) is 8.68. The van der Waals surface area contributed by atoms with Gasteiger partial charge < -0.3 is 24.8 Å². The van der Waals surface area contributed by atoms with Crippen LogP contribution < -0.4 is 20.1 Å². The van der Waals surface area contributed by atoms with Crippen LogP contribution in [0.3, 0.4) is 0 Å². The van der Waals surface area contributed by atoms with Crippen LogP contribution in [0.15, 0.2) is 43.2 Å². The largest absolute Gasteiger partial charge is 0.497 e. The fourth-order valence-electron chi connectivity index (χ4n) is 4.10. The van der Waals surface area contributed by atoms with Crippen molar-refractivity contribution in [3.8, 4) is 22.9 Å². The van der Waals surface area contributed by atoms with Gasteiger partial charge in [-0.05, 0) is 37.2 Å². The topological polar surface area (TPSA) is 99.8 Å². The SMILES string of the molecule is C=Cc1cnc2c(NCc3ccc(OC)cc3)nc(-c3c(COC)nn(C)c3O[C@@H](C)CNCC)cn12. The first kappa shape index (κ1) is 26.2. The Bertz CT molecular complexity index is 1340. The molecule has 3 heterocycles. The highest BCUT2D eigenvalue weighted by Gasteiger charge is 2.24. The summed E-state index contributed by atoms with van der Waals surface area (Å²) in [6.45, 7) is 10.5. The van der Waals surface area contributed by atoms with Gasteiger partial charge in [0.05, 0.1) is 36.9 Å². The predicted octanol–water partition coefficient (Wildman–Crippen LogP) is 3.92. The zero-order chi connectivity index (χ0) is 26.4. The Morgan fingerprint density at radius 3 is 2.65 bits per heavy atom. The van der Waals surface area contributed by atoms with Gasteiger partial charge in [0.2, 0.25) is 5.88 Å². The normalized spacial score (nSPS) is 12.0. The molecule has 1 atom stereocenters. The number of fused-ring (bicyclic) bond motifs is 1. The number of aryl methyl sites for hydroxylation is 1. The monoisotopic (exact) mass is 505 g/mol. The predicted molar refractivity (Wildman–Crippen MR) is 145 cm³/mol. The third-order valence-corrected chi connectivity index (χ3v) is 5.95. The van der Waals surface area contributed by atoms with Gasteiger partial charge in [0, 0.05) is 33.4 Å². The highest BCUT2D eigenvalue weighted by Crippen LogP contribution is 2.35. The molecule has 0 saturated carbocycles. The Kier molecular flexibility index (Phi) is 8.42. The van der Waals surface area contributed by atoms with E-state index in [4.69, 9.17) is 19.2 Å². The smallest absolute Gasteiger partial charge is 0.221 e. The molecule has 0 radical (unpaired) electrons. The number of nitrogens with zero attached hydrogens (tertiary/aromatic N) is 5. The first-order chi connectivity index (χ1) is 18.0. The van der Waals surface area contributed by atoms with Crippen LogP contribution in [0.1, 0.15) is 30.8 Å². The molecule has 0 bridgehead atoms. The van der Waals surface area contributed by atoms with Crippen molar-refractivity contribution in [1.29, 1.82) is 0 Å². The molecule has 10 nitrogen and oxygen atoms in total. The fraction of sp³-hybridized carbons (Fsp3) is 0.370. The summed E-state index contributed by atoms with van der Waals surface area (Å²) in [7, 11) is 5.17. The Hall–Kier alpha value is -3.89. The number of anilines is 1. The first-order valence-corrected chi connectivity index (χ1v) is 12.3. The number of ether oxygens (including phenoxy) is 3. The molecule has 0 aliphatic rings. The van der Waals surface area contributed by atoms with Crippen molar-refractivity contribution >= 4 is 17.5 Å². The van der Waals surface area contributed by atoms with E-state index < -0.39 is 0 Å². The number of rotatable bonds is 13. The highest BCUT2D eigenvalue weighted by molar-refractivity contribution is 5.74. The molecule has 37 heavy (non-hydrogen) atoms. The van der Waals surface area contributed by atoms with Crippen LogP contribution in [0, 0.1) is 0 Å². The van der Waals surface area contributed by atoms with E-state index in [0.717, 1.165) is 34.8 Å². The van der Waals surface area contributed by atoms with Crippen molar-refractivity contribution in [2.75, 3.05) is 32.6 Å². The van der Waals surface area contributed by atoms with Gasteiger partial charge in [0.1, 0.15) is 17.5 Å². The number of imidazole rings is 1. The number of hydrogen-bond donors (Lipinski definition) is 2. The molecule has 196 valence electrons. The van der Waals surface area contributed by atoms with Crippen LogP contribution >= 0.6 is 0 Å². The van der Waals surface area contributed by atoms with E-state index in [-0.39, 0.29) is 6.10 Å². The molecular formula is C27H35N7O3. The number of nitrogens with one attached hydrogen (secondary N) is 2. The van der Waals surface area contributed by atoms with Gasteiger partial charge in [0.25, 0.3) is 0 Å². The molecule has 2 N–H and O–H groups in total. The van der Waals surface area contributed by atoms with Gasteiger partial charge in [-0.15, -0.1) is 0 Å². The fourth-order valence-corrected chi connectivity index (χ4v) is 4.10. The number of benzene rings is 1. The molecule has 4 rings (SSSR count). The third kappa shape index (κ3) is 5.76. The average molecular weight is 506 g/mol. The quantitative estimate of drug-likeness (QED) is 0.282. The van der Waals surface area contributed by atoms with Gasteiger partial charge >= 0.3 is 0 Å². The first-order valence-electron chi connectivity index (χ1n) is 12.3. The minimum Gasteiger partial charge on any atom is -0.497 e. The molecule has 0 fully saturated rings. The second kappa shape index (κ2) is 11.9. The lowest BCUT2D eigenvalue weighted by molar-refractivity contribution is 0.181. The lowest BCUT2D eigenvalue weighted by atomic mass is 10.1. The van der Waals surface area contributed by atoms with E-state index in [1.54, 1.807) is 31.2 Å². The molecular weight excluding hydrogens is 470 g/mol. The number of hydrogen-bond acceptors (Lipinski definition) is 8. The Morgan fingerprint density at radius 2 is 1.97 bits per heavy atom. The summed E-state index contributed by atoms with van der Waals surface area (Å²) in [6, 6.07) is 7.91. The minimum absolute atomic E-state index is 0.0714. The summed E-state index contributed by atoms with van der Waals surface area (Å²) in [5.74, 6) is 2.08. The third-order valence-electron chi connectivity index (χ3n) is 5.95. The molecule has 3 aromatic heterocycles. The molecule has 0 aliphatic heterocycles. The lowest BCUT2D eigenvalue weighted by Gasteiger charge is -2.17. The standard InChI is InChI=1S/C27H35N7O3/c1-7-20-15-30-26-25(29-14-19-9-11-21(36-6)12-10-19)31-22(16-34(20)26)24-23(17-35-5)32-33(4)27(24)37-18(3)13-28-8-2/h7,9-12,15-16,18,28H,1,8,13-14,17H2,2-6H3,(H,29,31)/t18-/m0/s1. The summed E-state index contributed by atoms with van der Waals surface area (Å²) in [5, 5.41) is 11.5. The molecule has 0 saturated heterocycles. The lowest BCUT2D eigenvalue weighted by Crippen LogP contribution is -2.29. The maximum absolute atomic E-state index is 6.37. The molecule has 0 spiro atoms. The zero-order valence-corrected chi connectivity index (χ0v) is 22.1. The van der Waals surface area contributed by atoms with Gasteiger partial charge in [0.15, 0.2) is 11.5 Å². The van der Waals surface area contributed by atoms with Crippen LogP contribution in [-0.4, -0.2) is 57.6 Å². The van der Waals surface area contributed by atoms with Crippen molar-refractivity contribution in [3.63, 3.8) is 0 Å². The minimum atomic E-state index is -0.0714. The maximum Gasteiger partial charge on any atom is 0.221 e. The number of aromatic nitrogens is 5. The number of likely N-dealkylation sites (N-methyl/N-ethyl adjacent to an activating group) is 1. The summed E-state index contributed by atoms with van der Waals surface area (Å²) in [6.07, 6.45) is 5.42. The second-order valence-electron chi connectivity index (χ2n) is 8.68. The van der Waals surface area contributed by atoms with Crippen molar-refractivity contribution in [1.82, 2.24) is 29.5 Å². The van der Waals surface area contributed by atoms with Gasteiger partial charge in [-0.2, -0.15) is 5.10 Å². The van der Waals surface area contributed by atoms with Crippen LogP contribution in [0.5, 0.6) is 11.6 Å². The molecule has 0 unspecified atom stereocenters. The Morgan fingerprint density at radius 1 is 1.19 bits per heavy atom. The molecule has 10 heteroatoms. The van der Waals surface area contributed by atoms with Crippen molar-refractivity contribution < 1.29 is 14.2 Å². The molecule has 1 aromatic carbocycles. The Balaban J connectivity index is 1.78. The van der Waals surface area contributed by atoms with Gasteiger partial charge in [-0.1, -0.05) is 25.6 Å². The van der Waals surface area contributed by atoms with Crippen LogP contribution in [0.2, 0.25) is 0 Å². The van der Waals surface area contributed by atoms with Crippen molar-refractivity contribution in [2.45, 2.75) is 33.1 Å². The summed E-state index contributed by atoms with van der Waals surface area (Å²) >= 11 is 0. The van der Waals surface area contributed by atoms with Crippen LogP contribution in [0.4, 0.5) is 5.82 Å².